The lowest BCUT2D eigenvalue weighted by molar-refractivity contribution is -0.00609. The van der Waals surface area contributed by atoms with Crippen LogP contribution in [0.5, 0.6) is 0 Å². The fourth-order valence-corrected chi connectivity index (χ4v) is 4.56. The predicted octanol–water partition coefficient (Wildman–Crippen LogP) is 3.83. The summed E-state index contributed by atoms with van der Waals surface area (Å²) in [5.74, 6) is 0.693. The van der Waals surface area contributed by atoms with E-state index in [1.807, 2.05) is 31.2 Å². The van der Waals surface area contributed by atoms with E-state index in [1.165, 1.54) is 5.56 Å². The first-order valence-corrected chi connectivity index (χ1v) is 8.75. The largest absolute Gasteiger partial charge is 0.456 e. The quantitative estimate of drug-likeness (QED) is 0.681. The van der Waals surface area contributed by atoms with E-state index < -0.39 is 0 Å². The highest BCUT2D eigenvalue weighted by Crippen LogP contribution is 2.48. The van der Waals surface area contributed by atoms with Crippen LogP contribution in [-0.4, -0.2) is 22.8 Å². The summed E-state index contributed by atoms with van der Waals surface area (Å²) in [4.78, 5) is 12.3. The second-order valence-electron chi connectivity index (χ2n) is 7.63. The van der Waals surface area contributed by atoms with Crippen LogP contribution in [0.2, 0.25) is 0 Å². The van der Waals surface area contributed by atoms with Gasteiger partial charge in [-0.15, -0.1) is 0 Å². The highest BCUT2D eigenvalue weighted by molar-refractivity contribution is 5.89. The van der Waals surface area contributed by atoms with Crippen molar-refractivity contribution in [1.29, 1.82) is 0 Å². The van der Waals surface area contributed by atoms with Crippen molar-refractivity contribution in [3.63, 3.8) is 0 Å². The van der Waals surface area contributed by atoms with Crippen LogP contribution in [0.25, 0.3) is 0 Å². The Hall–Kier alpha value is -1.61. The lowest BCUT2D eigenvalue weighted by Gasteiger charge is -2.24. The number of hydrogen-bond acceptors (Lipinski definition) is 3. The summed E-state index contributed by atoms with van der Waals surface area (Å²) < 4.78 is 5.73. The second kappa shape index (κ2) is 5.48. The third-order valence-corrected chi connectivity index (χ3v) is 5.98. The lowest BCUT2D eigenvalue weighted by Crippen LogP contribution is -2.28. The number of carbonyl (C=O) groups is 1. The maximum Gasteiger partial charge on any atom is 0.338 e. The number of hydrogen-bond donors (Lipinski definition) is 1. The minimum Gasteiger partial charge on any atom is -0.456 e. The van der Waals surface area contributed by atoms with Gasteiger partial charge in [-0.3, -0.25) is 0 Å². The highest BCUT2D eigenvalue weighted by Gasteiger charge is 2.44. The topological polar surface area (TPSA) is 46.5 Å². The average molecular weight is 312 g/mol. The molecule has 4 atom stereocenters. The standard InChI is InChI=1S/C20H24O3/c1-20(10-2-3-11-20)23-19(22)14-6-4-13(5-7-14)17-12-15-8-9-16(17)18(15)21/h4-9,15-18,21H,2-3,10-12H2,1H3. The van der Waals surface area contributed by atoms with E-state index >= 15 is 0 Å². The Morgan fingerprint density at radius 3 is 2.43 bits per heavy atom. The predicted molar refractivity (Wildman–Crippen MR) is 88.2 cm³/mol. The van der Waals surface area contributed by atoms with Crippen molar-refractivity contribution in [3.05, 3.63) is 47.5 Å². The molecular weight excluding hydrogens is 288 g/mol. The van der Waals surface area contributed by atoms with Crippen molar-refractivity contribution in [2.45, 2.75) is 56.7 Å². The summed E-state index contributed by atoms with van der Waals surface area (Å²) >= 11 is 0. The maximum atomic E-state index is 12.3. The van der Waals surface area contributed by atoms with Crippen LogP contribution in [0.4, 0.5) is 0 Å². The molecule has 4 unspecified atom stereocenters. The Bertz CT molecular complexity index is 625. The average Bonchev–Trinajstić information content (AvgIpc) is 3.22. The van der Waals surface area contributed by atoms with E-state index in [9.17, 15) is 9.90 Å². The highest BCUT2D eigenvalue weighted by atomic mass is 16.6. The minimum atomic E-state index is -0.282. The van der Waals surface area contributed by atoms with Gasteiger partial charge in [0.2, 0.25) is 0 Å². The fourth-order valence-electron chi connectivity index (χ4n) is 4.56. The molecule has 23 heavy (non-hydrogen) atoms. The first-order valence-electron chi connectivity index (χ1n) is 8.75. The van der Waals surface area contributed by atoms with E-state index in [1.54, 1.807) is 0 Å². The normalized spacial score (nSPS) is 34.0. The Balaban J connectivity index is 1.46. The van der Waals surface area contributed by atoms with Gasteiger partial charge in [0.05, 0.1) is 11.7 Å². The van der Waals surface area contributed by atoms with Crippen LogP contribution in [0, 0.1) is 11.8 Å². The zero-order chi connectivity index (χ0) is 16.0. The van der Waals surface area contributed by atoms with Crippen molar-refractivity contribution < 1.29 is 14.6 Å². The van der Waals surface area contributed by atoms with Crippen molar-refractivity contribution in [2.75, 3.05) is 0 Å². The van der Waals surface area contributed by atoms with E-state index in [4.69, 9.17) is 4.74 Å². The summed E-state index contributed by atoms with van der Waals surface area (Å²) in [6, 6.07) is 7.80. The molecule has 1 aromatic rings. The van der Waals surface area contributed by atoms with Gasteiger partial charge in [-0.05, 0) is 62.6 Å². The van der Waals surface area contributed by atoms with Gasteiger partial charge >= 0.3 is 5.97 Å². The molecule has 3 heteroatoms. The summed E-state index contributed by atoms with van der Waals surface area (Å²) in [6.07, 6.45) is 9.27. The molecule has 2 fully saturated rings. The fraction of sp³-hybridized carbons (Fsp3) is 0.550. The molecule has 0 amide bonds. The van der Waals surface area contributed by atoms with Crippen LogP contribution >= 0.6 is 0 Å². The molecule has 0 spiro atoms. The summed E-state index contributed by atoms with van der Waals surface area (Å²) in [6.45, 7) is 2.04. The number of aliphatic hydroxyl groups excluding tert-OH is 1. The zero-order valence-electron chi connectivity index (χ0n) is 13.6. The lowest BCUT2D eigenvalue weighted by atomic mass is 9.86. The molecule has 3 aliphatic carbocycles. The van der Waals surface area contributed by atoms with Gasteiger partial charge in [-0.2, -0.15) is 0 Å². The molecule has 3 aliphatic rings. The van der Waals surface area contributed by atoms with Crippen molar-refractivity contribution >= 4 is 5.97 Å². The van der Waals surface area contributed by atoms with Crippen molar-refractivity contribution in [1.82, 2.24) is 0 Å². The first kappa shape index (κ1) is 14.9. The number of carbonyl (C=O) groups excluding carboxylic acids is 1. The van der Waals surface area contributed by atoms with Crippen LogP contribution in [0.1, 0.15) is 60.9 Å². The van der Waals surface area contributed by atoms with E-state index in [0.717, 1.165) is 32.1 Å². The van der Waals surface area contributed by atoms with Gasteiger partial charge < -0.3 is 9.84 Å². The number of aliphatic hydroxyl groups is 1. The SMILES string of the molecule is CC1(OC(=O)c2ccc(C3CC4C=CC3C4O)cc2)CCCC1. The molecule has 2 bridgehead atoms. The van der Waals surface area contributed by atoms with Crippen molar-refractivity contribution in [3.8, 4) is 0 Å². The Morgan fingerprint density at radius 1 is 1.17 bits per heavy atom. The molecule has 3 nitrogen and oxygen atoms in total. The van der Waals surface area contributed by atoms with E-state index in [0.29, 0.717) is 17.4 Å². The smallest absolute Gasteiger partial charge is 0.338 e. The number of benzene rings is 1. The molecule has 0 aromatic heterocycles. The molecule has 2 saturated carbocycles. The molecular formula is C20H24O3. The van der Waals surface area contributed by atoms with Crippen LogP contribution in [0.15, 0.2) is 36.4 Å². The minimum absolute atomic E-state index is 0.214. The van der Waals surface area contributed by atoms with Crippen LogP contribution < -0.4 is 0 Å². The number of rotatable bonds is 3. The maximum absolute atomic E-state index is 12.3. The van der Waals surface area contributed by atoms with Gasteiger partial charge in [0.25, 0.3) is 0 Å². The molecule has 1 aromatic carbocycles. The third kappa shape index (κ3) is 2.61. The van der Waals surface area contributed by atoms with Crippen molar-refractivity contribution in [2.24, 2.45) is 11.8 Å². The monoisotopic (exact) mass is 312 g/mol. The van der Waals surface area contributed by atoms with E-state index in [2.05, 4.69) is 12.2 Å². The Labute approximate surface area is 137 Å². The molecule has 1 N–H and O–H groups in total. The number of fused-ring (bicyclic) bond motifs is 2. The Morgan fingerprint density at radius 2 is 1.87 bits per heavy atom. The van der Waals surface area contributed by atoms with Crippen LogP contribution in [0.3, 0.4) is 0 Å². The molecule has 0 aliphatic heterocycles. The van der Waals surface area contributed by atoms with Crippen LogP contribution in [-0.2, 0) is 4.74 Å². The molecule has 0 heterocycles. The van der Waals surface area contributed by atoms with Gasteiger partial charge in [-0.25, -0.2) is 4.79 Å². The number of esters is 1. The van der Waals surface area contributed by atoms with Gasteiger partial charge in [0, 0.05) is 11.8 Å². The van der Waals surface area contributed by atoms with E-state index in [-0.39, 0.29) is 23.6 Å². The summed E-state index contributed by atoms with van der Waals surface area (Å²) in [5.41, 5.74) is 1.56. The zero-order valence-corrected chi connectivity index (χ0v) is 13.6. The molecule has 0 saturated heterocycles. The summed E-state index contributed by atoms with van der Waals surface area (Å²) in [7, 11) is 0. The molecule has 122 valence electrons. The van der Waals surface area contributed by atoms with Gasteiger partial charge in [0.15, 0.2) is 0 Å². The Kier molecular flexibility index (Phi) is 3.56. The van der Waals surface area contributed by atoms with Gasteiger partial charge in [0.1, 0.15) is 5.60 Å². The first-order chi connectivity index (χ1) is 11.1. The number of ether oxygens (including phenoxy) is 1. The molecule has 4 rings (SSSR count). The van der Waals surface area contributed by atoms with Gasteiger partial charge in [-0.1, -0.05) is 24.3 Å². The molecule has 0 radical (unpaired) electrons. The summed E-state index contributed by atoms with van der Waals surface area (Å²) in [5, 5.41) is 10.2. The second-order valence-corrected chi connectivity index (χ2v) is 7.63. The third-order valence-electron chi connectivity index (χ3n) is 5.98.